The Balaban J connectivity index is 1.73. The summed E-state index contributed by atoms with van der Waals surface area (Å²) in [5.74, 6) is 0.874. The van der Waals surface area contributed by atoms with Gasteiger partial charge in [0, 0.05) is 20.7 Å². The van der Waals surface area contributed by atoms with Gasteiger partial charge in [-0.1, -0.05) is 13.8 Å². The van der Waals surface area contributed by atoms with Crippen LogP contribution in [0.3, 0.4) is 0 Å². The average molecular weight is 323 g/mol. The molecule has 3 rings (SSSR count). The Morgan fingerprint density at radius 3 is 2.57 bits per heavy atom. The van der Waals surface area contributed by atoms with E-state index in [0.29, 0.717) is 5.41 Å². The molecule has 0 saturated heterocycles. The summed E-state index contributed by atoms with van der Waals surface area (Å²) < 4.78 is 0. The highest BCUT2D eigenvalue weighted by atomic mass is 32.2. The van der Waals surface area contributed by atoms with Gasteiger partial charge in [-0.3, -0.25) is 5.14 Å². The first-order valence-corrected chi connectivity index (χ1v) is 9.70. The fraction of sp³-hybridized carbons (Fsp3) is 0.647. The largest absolute Gasteiger partial charge is 0.398 e. The summed E-state index contributed by atoms with van der Waals surface area (Å²) in [4.78, 5) is 2.42. The second-order valence-electron chi connectivity index (χ2n) is 7.32. The Kier molecular flexibility index (Phi) is 4.49. The predicted octanol–water partition coefficient (Wildman–Crippen LogP) is 4.86. The molecule has 4 heteroatoms. The van der Waals surface area contributed by atoms with Gasteiger partial charge < -0.3 is 5.73 Å². The van der Waals surface area contributed by atoms with Crippen molar-refractivity contribution in [3.05, 3.63) is 17.7 Å². The van der Waals surface area contributed by atoms with Crippen LogP contribution in [0.4, 0.5) is 5.69 Å². The lowest BCUT2D eigenvalue weighted by Crippen LogP contribution is -2.29. The van der Waals surface area contributed by atoms with E-state index in [4.69, 9.17) is 10.9 Å². The molecule has 0 radical (unpaired) electrons. The zero-order valence-electron chi connectivity index (χ0n) is 13.0. The fourth-order valence-corrected chi connectivity index (χ4v) is 5.63. The molecule has 2 nitrogen and oxygen atoms in total. The van der Waals surface area contributed by atoms with Crippen molar-refractivity contribution in [2.24, 2.45) is 16.5 Å². The lowest BCUT2D eigenvalue weighted by Gasteiger charge is -2.39. The number of fused-ring (bicyclic) bond motifs is 1. The molecule has 1 unspecified atom stereocenters. The molecule has 1 aliphatic heterocycles. The third kappa shape index (κ3) is 3.38. The summed E-state index contributed by atoms with van der Waals surface area (Å²) >= 11 is 3.33. The van der Waals surface area contributed by atoms with E-state index < -0.39 is 0 Å². The second-order valence-corrected chi connectivity index (χ2v) is 9.27. The van der Waals surface area contributed by atoms with Crippen LogP contribution < -0.4 is 10.9 Å². The van der Waals surface area contributed by atoms with Crippen LogP contribution in [0, 0.1) is 11.3 Å². The maximum atomic E-state index is 6.26. The number of nitrogens with two attached hydrogens (primary N) is 2. The van der Waals surface area contributed by atoms with Crippen LogP contribution in [0.5, 0.6) is 0 Å². The molecule has 1 heterocycles. The molecule has 1 aromatic carbocycles. The summed E-state index contributed by atoms with van der Waals surface area (Å²) in [7, 11) is 0. The normalized spacial score (nSPS) is 25.6. The van der Waals surface area contributed by atoms with Crippen molar-refractivity contribution in [2.75, 3.05) is 5.73 Å². The molecular weight excluding hydrogens is 296 g/mol. The predicted molar refractivity (Wildman–Crippen MR) is 94.6 cm³/mol. The number of hydrogen-bond acceptors (Lipinski definition) is 4. The number of anilines is 1. The molecule has 0 aromatic heterocycles. The topological polar surface area (TPSA) is 52.0 Å². The highest BCUT2D eigenvalue weighted by molar-refractivity contribution is 8.00. The minimum atomic E-state index is 0.556. The molecule has 21 heavy (non-hydrogen) atoms. The van der Waals surface area contributed by atoms with E-state index in [1.165, 1.54) is 54.5 Å². The molecule has 0 amide bonds. The van der Waals surface area contributed by atoms with Crippen LogP contribution in [0.1, 0.15) is 51.5 Å². The van der Waals surface area contributed by atoms with Crippen LogP contribution >= 0.6 is 23.7 Å². The molecule has 2 aliphatic rings. The molecule has 0 spiro atoms. The quantitative estimate of drug-likeness (QED) is 0.603. The van der Waals surface area contributed by atoms with Gasteiger partial charge in [0.1, 0.15) is 0 Å². The lowest BCUT2D eigenvalue weighted by atomic mass is 9.71. The third-order valence-electron chi connectivity index (χ3n) is 5.18. The Bertz CT molecular complexity index is 518. The average Bonchev–Trinajstić information content (AvgIpc) is 2.47. The van der Waals surface area contributed by atoms with Crippen LogP contribution in [0.25, 0.3) is 0 Å². The molecule has 4 N–H and O–H groups in total. The molecule has 0 bridgehead atoms. The lowest BCUT2D eigenvalue weighted by molar-refractivity contribution is 0.186. The first-order valence-electron chi connectivity index (χ1n) is 7.94. The molecule has 1 saturated carbocycles. The number of thioether (sulfide) groups is 1. The summed E-state index contributed by atoms with van der Waals surface area (Å²) in [5, 5.41) is 6.43. The minimum absolute atomic E-state index is 0.556. The van der Waals surface area contributed by atoms with E-state index in [-0.39, 0.29) is 0 Å². The van der Waals surface area contributed by atoms with E-state index in [9.17, 15) is 0 Å². The third-order valence-corrected chi connectivity index (χ3v) is 7.35. The van der Waals surface area contributed by atoms with Crippen molar-refractivity contribution in [1.82, 2.24) is 0 Å². The number of hydrogen-bond donors (Lipinski definition) is 2. The summed E-state index contributed by atoms with van der Waals surface area (Å²) in [6.07, 6.45) is 7.97. The van der Waals surface area contributed by atoms with Crippen molar-refractivity contribution in [3.8, 4) is 0 Å². The number of benzene rings is 1. The van der Waals surface area contributed by atoms with Crippen LogP contribution in [0.2, 0.25) is 0 Å². The number of rotatable bonds is 2. The van der Waals surface area contributed by atoms with Gasteiger partial charge in [0.15, 0.2) is 0 Å². The van der Waals surface area contributed by atoms with Gasteiger partial charge in [0.25, 0.3) is 0 Å². The molecular formula is C17H26N2S2. The SMILES string of the molecule is CC1(C)CCC(C2CCc3cc(SN)cc(N)c3S2)CC1. The van der Waals surface area contributed by atoms with Gasteiger partial charge in [0.2, 0.25) is 0 Å². The zero-order valence-corrected chi connectivity index (χ0v) is 14.7. The second kappa shape index (κ2) is 6.05. The first-order chi connectivity index (χ1) is 9.98. The van der Waals surface area contributed by atoms with Crippen molar-refractivity contribution in [3.63, 3.8) is 0 Å². The monoisotopic (exact) mass is 322 g/mol. The molecule has 1 fully saturated rings. The van der Waals surface area contributed by atoms with Crippen molar-refractivity contribution >= 4 is 29.4 Å². The Hall–Kier alpha value is -0.320. The Morgan fingerprint density at radius 1 is 1.19 bits per heavy atom. The summed E-state index contributed by atoms with van der Waals surface area (Å²) in [5.41, 5.74) is 9.14. The van der Waals surface area contributed by atoms with Crippen molar-refractivity contribution in [1.29, 1.82) is 0 Å². The van der Waals surface area contributed by atoms with Gasteiger partial charge in [-0.25, -0.2) is 0 Å². The highest BCUT2D eigenvalue weighted by Crippen LogP contribution is 2.48. The Morgan fingerprint density at radius 2 is 1.90 bits per heavy atom. The zero-order chi connectivity index (χ0) is 15.0. The minimum Gasteiger partial charge on any atom is -0.398 e. The van der Waals surface area contributed by atoms with Crippen LogP contribution in [-0.4, -0.2) is 5.25 Å². The summed E-state index contributed by atoms with van der Waals surface area (Å²) in [6, 6.07) is 4.26. The molecule has 116 valence electrons. The number of nitrogen functional groups attached to an aromatic ring is 1. The molecule has 1 atom stereocenters. The van der Waals surface area contributed by atoms with E-state index in [1.807, 2.05) is 17.8 Å². The van der Waals surface area contributed by atoms with E-state index >= 15 is 0 Å². The smallest absolute Gasteiger partial charge is 0.0466 e. The standard InChI is InChI=1S/C17H26N2S2/c1-17(2)7-5-11(6-8-17)15-4-3-12-9-13(21-19)10-14(18)16(12)20-15/h9-11,15H,3-8,18-19H2,1-2H3. The van der Waals surface area contributed by atoms with E-state index in [2.05, 4.69) is 19.9 Å². The van der Waals surface area contributed by atoms with Gasteiger partial charge in [0.05, 0.1) is 0 Å². The first kappa shape index (κ1) is 15.6. The van der Waals surface area contributed by atoms with Crippen molar-refractivity contribution < 1.29 is 0 Å². The highest BCUT2D eigenvalue weighted by Gasteiger charge is 2.34. The summed E-state index contributed by atoms with van der Waals surface area (Å²) in [6.45, 7) is 4.83. The van der Waals surface area contributed by atoms with E-state index in [1.54, 1.807) is 0 Å². The van der Waals surface area contributed by atoms with E-state index in [0.717, 1.165) is 28.2 Å². The maximum absolute atomic E-state index is 6.26. The van der Waals surface area contributed by atoms with Gasteiger partial charge >= 0.3 is 0 Å². The van der Waals surface area contributed by atoms with Crippen LogP contribution in [0.15, 0.2) is 21.9 Å². The molecule has 1 aromatic rings. The van der Waals surface area contributed by atoms with Gasteiger partial charge in [-0.05, 0) is 79.5 Å². The fourth-order valence-electron chi connectivity index (χ4n) is 3.71. The van der Waals surface area contributed by atoms with Crippen LogP contribution in [-0.2, 0) is 6.42 Å². The molecule has 1 aliphatic carbocycles. The van der Waals surface area contributed by atoms with Gasteiger partial charge in [-0.2, -0.15) is 0 Å². The van der Waals surface area contributed by atoms with Gasteiger partial charge in [-0.15, -0.1) is 11.8 Å². The maximum Gasteiger partial charge on any atom is 0.0466 e. The number of aryl methyl sites for hydroxylation is 1. The Labute approximate surface area is 136 Å². The van der Waals surface area contributed by atoms with Crippen molar-refractivity contribution in [2.45, 2.75) is 67.4 Å².